The molecule has 2 amide bonds. The molecule has 0 saturated heterocycles. The molecular weight excluding hydrogens is 458 g/mol. The van der Waals surface area contributed by atoms with Gasteiger partial charge in [0, 0.05) is 52.5 Å². The molecule has 31 heavy (non-hydrogen) atoms. The predicted molar refractivity (Wildman–Crippen MR) is 126 cm³/mol. The van der Waals surface area contributed by atoms with Crippen molar-refractivity contribution in [3.63, 3.8) is 0 Å². The topological polar surface area (TPSA) is 94.2 Å². The summed E-state index contributed by atoms with van der Waals surface area (Å²) in [6.07, 6.45) is 4.57. The number of anilines is 3. The fourth-order valence-electron chi connectivity index (χ4n) is 3.86. The van der Waals surface area contributed by atoms with Gasteiger partial charge in [0.05, 0.1) is 17.8 Å². The zero-order chi connectivity index (χ0) is 21.4. The van der Waals surface area contributed by atoms with Crippen molar-refractivity contribution in [2.45, 2.75) is 13.0 Å². The molecule has 0 unspecified atom stereocenters. The third-order valence-electron chi connectivity index (χ3n) is 5.28. The monoisotopic (exact) mass is 477 g/mol. The molecule has 4 N–H and O–H groups in total. The molecule has 1 aliphatic rings. The van der Waals surface area contributed by atoms with Crippen LogP contribution in [-0.2, 0) is 13.0 Å². The van der Waals surface area contributed by atoms with Crippen LogP contribution in [0.15, 0.2) is 65.4 Å². The second-order valence-electron chi connectivity index (χ2n) is 7.38. The maximum Gasteiger partial charge on any atom is 0.323 e. The van der Waals surface area contributed by atoms with Crippen LogP contribution in [0.4, 0.5) is 22.0 Å². The van der Waals surface area contributed by atoms with E-state index in [2.05, 4.69) is 36.1 Å². The molecule has 4 aromatic rings. The first-order valence-electron chi connectivity index (χ1n) is 9.88. The summed E-state index contributed by atoms with van der Waals surface area (Å²) in [4.78, 5) is 16.7. The highest BCUT2D eigenvalue weighted by atomic mass is 79.9. The van der Waals surface area contributed by atoms with Gasteiger partial charge in [-0.05, 0) is 42.0 Å². The molecule has 2 aromatic heterocycles. The number of carbonyl (C=O) groups is 1. The van der Waals surface area contributed by atoms with Crippen LogP contribution in [0, 0.1) is 0 Å². The number of nitrogens with one attached hydrogen (secondary N) is 2. The standard InChI is InChI=1S/C23H20BrN5O2/c24-18-11-15(12-21-16(18)6-9-31-21)27-23(30)28-19-2-1-3-20-17(19)5-8-29(20)13-14-4-7-26-22(25)10-14/h1-5,7-8,10-12H,6,9,13H2,(H2,25,26)(H2,27,28,30). The van der Waals surface area contributed by atoms with Gasteiger partial charge in [0.25, 0.3) is 0 Å². The number of hydrogen-bond acceptors (Lipinski definition) is 4. The van der Waals surface area contributed by atoms with E-state index in [1.807, 2.05) is 54.7 Å². The molecule has 0 aliphatic carbocycles. The molecule has 0 bridgehead atoms. The Kier molecular flexibility index (Phi) is 4.99. The molecule has 3 heterocycles. The Labute approximate surface area is 187 Å². The first-order valence-corrected chi connectivity index (χ1v) is 10.7. The second-order valence-corrected chi connectivity index (χ2v) is 8.24. The van der Waals surface area contributed by atoms with Crippen molar-refractivity contribution in [2.24, 2.45) is 0 Å². The van der Waals surface area contributed by atoms with E-state index in [4.69, 9.17) is 10.5 Å². The van der Waals surface area contributed by atoms with Gasteiger partial charge in [-0.15, -0.1) is 0 Å². The van der Waals surface area contributed by atoms with Crippen molar-refractivity contribution in [3.8, 4) is 5.75 Å². The summed E-state index contributed by atoms with van der Waals surface area (Å²) in [5.74, 6) is 1.30. The average molecular weight is 478 g/mol. The van der Waals surface area contributed by atoms with Crippen molar-refractivity contribution in [2.75, 3.05) is 23.0 Å². The zero-order valence-electron chi connectivity index (χ0n) is 16.6. The Hall–Kier alpha value is -3.52. The number of halogens is 1. The van der Waals surface area contributed by atoms with Crippen molar-refractivity contribution < 1.29 is 9.53 Å². The third kappa shape index (κ3) is 3.94. The Morgan fingerprint density at radius 2 is 2.10 bits per heavy atom. The molecular formula is C23H20BrN5O2. The van der Waals surface area contributed by atoms with E-state index < -0.39 is 0 Å². The summed E-state index contributed by atoms with van der Waals surface area (Å²) in [6, 6.07) is 15.1. The molecule has 156 valence electrons. The zero-order valence-corrected chi connectivity index (χ0v) is 18.1. The number of hydrogen-bond donors (Lipinski definition) is 3. The minimum Gasteiger partial charge on any atom is -0.493 e. The van der Waals surface area contributed by atoms with Gasteiger partial charge in [-0.3, -0.25) is 0 Å². The number of rotatable bonds is 4. The molecule has 0 fully saturated rings. The van der Waals surface area contributed by atoms with Gasteiger partial charge < -0.3 is 25.7 Å². The lowest BCUT2D eigenvalue weighted by molar-refractivity contribution is 0.262. The van der Waals surface area contributed by atoms with Crippen LogP contribution < -0.4 is 21.1 Å². The molecule has 0 spiro atoms. The Morgan fingerprint density at radius 3 is 2.97 bits per heavy atom. The van der Waals surface area contributed by atoms with Gasteiger partial charge in [-0.1, -0.05) is 22.0 Å². The Morgan fingerprint density at radius 1 is 1.19 bits per heavy atom. The van der Waals surface area contributed by atoms with Gasteiger partial charge in [0.1, 0.15) is 11.6 Å². The number of aromatic nitrogens is 2. The second kappa shape index (κ2) is 7.96. The number of nitrogen functional groups attached to an aromatic ring is 1. The Bertz CT molecular complexity index is 1300. The van der Waals surface area contributed by atoms with Crippen LogP contribution in [0.25, 0.3) is 10.9 Å². The summed E-state index contributed by atoms with van der Waals surface area (Å²) in [7, 11) is 0. The molecule has 2 aromatic carbocycles. The lowest BCUT2D eigenvalue weighted by atomic mass is 10.1. The number of carbonyl (C=O) groups excluding carboxylic acids is 1. The number of nitrogens with zero attached hydrogens (tertiary/aromatic N) is 2. The maximum absolute atomic E-state index is 12.7. The molecule has 1 aliphatic heterocycles. The summed E-state index contributed by atoms with van der Waals surface area (Å²) < 4.78 is 8.67. The van der Waals surface area contributed by atoms with Gasteiger partial charge in [-0.2, -0.15) is 0 Å². The third-order valence-corrected chi connectivity index (χ3v) is 5.99. The predicted octanol–water partition coefficient (Wildman–Crippen LogP) is 5.01. The maximum atomic E-state index is 12.7. The SMILES string of the molecule is Nc1cc(Cn2ccc3c(NC(=O)Nc4cc(Br)c5c(c4)OCC5)cccc32)ccn1. The molecule has 0 saturated carbocycles. The van der Waals surface area contributed by atoms with Crippen LogP contribution in [0.3, 0.4) is 0 Å². The number of nitrogens with two attached hydrogens (primary N) is 1. The number of pyridine rings is 1. The highest BCUT2D eigenvalue weighted by Gasteiger charge is 2.17. The van der Waals surface area contributed by atoms with Gasteiger partial charge >= 0.3 is 6.03 Å². The Balaban J connectivity index is 1.35. The fraction of sp³-hybridized carbons (Fsp3) is 0.130. The van der Waals surface area contributed by atoms with E-state index in [9.17, 15) is 4.79 Å². The van der Waals surface area contributed by atoms with E-state index in [1.165, 1.54) is 0 Å². The number of fused-ring (bicyclic) bond motifs is 2. The number of benzene rings is 2. The van der Waals surface area contributed by atoms with Crippen LogP contribution in [-0.4, -0.2) is 22.2 Å². The fourth-order valence-corrected chi connectivity index (χ4v) is 4.50. The summed E-state index contributed by atoms with van der Waals surface area (Å²) in [5.41, 5.74) is 10.4. The normalized spacial score (nSPS) is 12.4. The molecule has 0 radical (unpaired) electrons. The minimum absolute atomic E-state index is 0.313. The highest BCUT2D eigenvalue weighted by Crippen LogP contribution is 2.35. The van der Waals surface area contributed by atoms with E-state index in [0.717, 1.165) is 44.4 Å². The lowest BCUT2D eigenvalue weighted by Gasteiger charge is -2.11. The molecule has 8 heteroatoms. The first kappa shape index (κ1) is 19.4. The van der Waals surface area contributed by atoms with Gasteiger partial charge in [-0.25, -0.2) is 9.78 Å². The quantitative estimate of drug-likeness (QED) is 0.385. The van der Waals surface area contributed by atoms with E-state index in [-0.39, 0.29) is 6.03 Å². The van der Waals surface area contributed by atoms with Crippen molar-refractivity contribution in [1.29, 1.82) is 0 Å². The van der Waals surface area contributed by atoms with E-state index >= 15 is 0 Å². The smallest absolute Gasteiger partial charge is 0.323 e. The minimum atomic E-state index is -0.313. The highest BCUT2D eigenvalue weighted by molar-refractivity contribution is 9.10. The van der Waals surface area contributed by atoms with Crippen LogP contribution in [0.2, 0.25) is 0 Å². The summed E-state index contributed by atoms with van der Waals surface area (Å²) in [5, 5.41) is 6.80. The van der Waals surface area contributed by atoms with Crippen LogP contribution in [0.1, 0.15) is 11.1 Å². The van der Waals surface area contributed by atoms with Gasteiger partial charge in [0.2, 0.25) is 0 Å². The molecule has 0 atom stereocenters. The van der Waals surface area contributed by atoms with Crippen molar-refractivity contribution in [1.82, 2.24) is 9.55 Å². The first-order chi connectivity index (χ1) is 15.1. The van der Waals surface area contributed by atoms with Crippen molar-refractivity contribution in [3.05, 3.63) is 76.5 Å². The van der Waals surface area contributed by atoms with Crippen LogP contribution in [0.5, 0.6) is 5.75 Å². The number of urea groups is 1. The lowest BCUT2D eigenvalue weighted by Crippen LogP contribution is -2.19. The number of amides is 2. The summed E-state index contributed by atoms with van der Waals surface area (Å²) >= 11 is 3.56. The van der Waals surface area contributed by atoms with E-state index in [0.29, 0.717) is 24.7 Å². The van der Waals surface area contributed by atoms with E-state index in [1.54, 1.807) is 6.20 Å². The molecule has 7 nitrogen and oxygen atoms in total. The van der Waals surface area contributed by atoms with Gasteiger partial charge in [0.15, 0.2) is 0 Å². The summed E-state index contributed by atoms with van der Waals surface area (Å²) in [6.45, 7) is 1.32. The molecule has 5 rings (SSSR count). The number of ether oxygens (including phenoxy) is 1. The average Bonchev–Trinajstić information content (AvgIpc) is 3.36. The van der Waals surface area contributed by atoms with Crippen molar-refractivity contribution >= 4 is 50.1 Å². The largest absolute Gasteiger partial charge is 0.493 e. The van der Waals surface area contributed by atoms with Crippen LogP contribution >= 0.6 is 15.9 Å².